The quantitative estimate of drug-likeness (QED) is 0.658. The third-order valence-electron chi connectivity index (χ3n) is 7.04. The molecular formula is C24H29F2N3O3. The number of para-hydroxylation sites is 1. The van der Waals surface area contributed by atoms with Gasteiger partial charge in [-0.1, -0.05) is 18.2 Å². The number of fused-ring (bicyclic) bond motifs is 3. The first-order valence-electron chi connectivity index (χ1n) is 11.3. The molecule has 4 heterocycles. The molecule has 32 heavy (non-hydrogen) atoms. The van der Waals surface area contributed by atoms with Crippen LogP contribution in [-0.4, -0.2) is 64.1 Å². The minimum absolute atomic E-state index is 0.0585. The van der Waals surface area contributed by atoms with Crippen LogP contribution in [0.15, 0.2) is 24.3 Å². The Labute approximate surface area is 186 Å². The molecule has 1 aromatic heterocycles. The monoisotopic (exact) mass is 445 g/mol. The molecule has 1 spiro atoms. The highest BCUT2D eigenvalue weighted by Gasteiger charge is 2.64. The molecule has 0 saturated carbocycles. The van der Waals surface area contributed by atoms with Crippen molar-refractivity contribution >= 4 is 22.9 Å². The van der Waals surface area contributed by atoms with E-state index in [2.05, 4.69) is 4.57 Å². The Hall–Kier alpha value is -2.64. The molecular weight excluding hydrogens is 416 g/mol. The van der Waals surface area contributed by atoms with Gasteiger partial charge in [0.2, 0.25) is 0 Å². The molecule has 2 aromatic rings. The predicted octanol–water partition coefficient (Wildman–Crippen LogP) is 4.31. The fraction of sp³-hybridized carbons (Fsp3) is 0.583. The van der Waals surface area contributed by atoms with Crippen molar-refractivity contribution in [3.63, 3.8) is 0 Å². The van der Waals surface area contributed by atoms with Gasteiger partial charge in [0.05, 0.1) is 17.5 Å². The number of amides is 2. The number of aryl methyl sites for hydroxylation is 1. The van der Waals surface area contributed by atoms with Gasteiger partial charge in [0.15, 0.2) is 0 Å². The Balaban J connectivity index is 1.41. The van der Waals surface area contributed by atoms with Gasteiger partial charge in [0.25, 0.3) is 11.8 Å². The van der Waals surface area contributed by atoms with Crippen LogP contribution >= 0.6 is 0 Å². The van der Waals surface area contributed by atoms with Gasteiger partial charge >= 0.3 is 6.09 Å². The molecule has 2 amide bonds. The maximum Gasteiger partial charge on any atom is 0.410 e. The Bertz CT molecular complexity index is 1100. The molecule has 1 aromatic carbocycles. The summed E-state index contributed by atoms with van der Waals surface area (Å²) in [5.41, 5.74) is 0.500. The lowest BCUT2D eigenvalue weighted by atomic mass is 9.83. The Morgan fingerprint density at radius 1 is 1.03 bits per heavy atom. The maximum absolute atomic E-state index is 15.2. The normalized spacial score (nSPS) is 24.5. The number of halogens is 2. The molecule has 6 nitrogen and oxygen atoms in total. The largest absolute Gasteiger partial charge is 0.444 e. The van der Waals surface area contributed by atoms with E-state index in [1.165, 1.54) is 0 Å². The summed E-state index contributed by atoms with van der Waals surface area (Å²) in [5, 5.41) is 0.890. The van der Waals surface area contributed by atoms with Gasteiger partial charge in [-0.2, -0.15) is 0 Å². The minimum Gasteiger partial charge on any atom is -0.444 e. The zero-order chi connectivity index (χ0) is 22.9. The van der Waals surface area contributed by atoms with Crippen LogP contribution in [0.5, 0.6) is 0 Å². The third kappa shape index (κ3) is 3.18. The predicted molar refractivity (Wildman–Crippen MR) is 116 cm³/mol. The van der Waals surface area contributed by atoms with Crippen molar-refractivity contribution in [1.82, 2.24) is 14.4 Å². The third-order valence-corrected chi connectivity index (χ3v) is 7.04. The summed E-state index contributed by atoms with van der Waals surface area (Å²) in [6.45, 7) is 5.44. The van der Waals surface area contributed by atoms with Crippen molar-refractivity contribution in [2.45, 2.75) is 58.1 Å². The van der Waals surface area contributed by atoms with Crippen molar-refractivity contribution < 1.29 is 23.1 Å². The van der Waals surface area contributed by atoms with Crippen LogP contribution < -0.4 is 0 Å². The van der Waals surface area contributed by atoms with E-state index in [0.717, 1.165) is 40.9 Å². The number of ether oxygens (including phenoxy) is 1. The fourth-order valence-corrected chi connectivity index (χ4v) is 5.55. The zero-order valence-corrected chi connectivity index (χ0v) is 18.8. The van der Waals surface area contributed by atoms with Crippen molar-refractivity contribution in [3.05, 3.63) is 35.5 Å². The number of benzene rings is 1. The van der Waals surface area contributed by atoms with Crippen LogP contribution in [0.3, 0.4) is 0 Å². The number of carbonyl (C=O) groups excluding carboxylic acids is 2. The van der Waals surface area contributed by atoms with Crippen molar-refractivity contribution in [2.24, 2.45) is 5.41 Å². The van der Waals surface area contributed by atoms with Gasteiger partial charge in [0.1, 0.15) is 5.60 Å². The standard InChI is InChI=1S/C24H29F2N3O3/c1-22(2,3)32-21(31)28-14-23(24(25,26)15-28)10-12-27(13-23)20(30)19-16-7-4-5-8-17(16)29-11-6-9-18(19)29/h4-5,7-8H,6,9-15H2,1-3H3. The van der Waals surface area contributed by atoms with Crippen LogP contribution in [-0.2, 0) is 17.7 Å². The van der Waals surface area contributed by atoms with Gasteiger partial charge in [-0.15, -0.1) is 0 Å². The summed E-state index contributed by atoms with van der Waals surface area (Å²) in [6, 6.07) is 7.81. The Morgan fingerprint density at radius 3 is 2.50 bits per heavy atom. The van der Waals surface area contributed by atoms with E-state index in [1.54, 1.807) is 25.7 Å². The Morgan fingerprint density at radius 2 is 1.75 bits per heavy atom. The van der Waals surface area contributed by atoms with Crippen LogP contribution in [0.2, 0.25) is 0 Å². The van der Waals surface area contributed by atoms with E-state index in [0.29, 0.717) is 5.56 Å². The van der Waals surface area contributed by atoms with Gasteiger partial charge in [0, 0.05) is 42.8 Å². The number of nitrogens with zero attached hydrogens (tertiary/aromatic N) is 3. The number of hydrogen-bond donors (Lipinski definition) is 0. The summed E-state index contributed by atoms with van der Waals surface area (Å²) in [6.07, 6.45) is 1.24. The van der Waals surface area contributed by atoms with E-state index in [-0.39, 0.29) is 32.0 Å². The number of likely N-dealkylation sites (tertiary alicyclic amines) is 2. The summed E-state index contributed by atoms with van der Waals surface area (Å²) < 4.78 is 37.9. The molecule has 0 bridgehead atoms. The average molecular weight is 446 g/mol. The lowest BCUT2D eigenvalue weighted by molar-refractivity contribution is -0.0779. The number of aromatic nitrogens is 1. The first-order chi connectivity index (χ1) is 15.0. The van der Waals surface area contributed by atoms with Crippen molar-refractivity contribution in [2.75, 3.05) is 26.2 Å². The highest BCUT2D eigenvalue weighted by atomic mass is 19.3. The SMILES string of the molecule is CC(C)(C)OC(=O)N1CC(F)(F)C2(CCN(C(=O)c3c4n(c5ccccc35)CCC4)C2)C1. The summed E-state index contributed by atoms with van der Waals surface area (Å²) in [4.78, 5) is 28.7. The number of carbonyl (C=O) groups is 2. The van der Waals surface area contributed by atoms with E-state index in [9.17, 15) is 9.59 Å². The molecule has 172 valence electrons. The highest BCUT2D eigenvalue weighted by Crippen LogP contribution is 2.50. The number of hydrogen-bond acceptors (Lipinski definition) is 3. The van der Waals surface area contributed by atoms with E-state index in [4.69, 9.17) is 4.74 Å². The molecule has 2 saturated heterocycles. The van der Waals surface area contributed by atoms with E-state index in [1.807, 2.05) is 24.3 Å². The van der Waals surface area contributed by atoms with Gasteiger partial charge in [-0.3, -0.25) is 4.79 Å². The molecule has 0 aliphatic carbocycles. The minimum atomic E-state index is -3.08. The smallest absolute Gasteiger partial charge is 0.410 e. The van der Waals surface area contributed by atoms with Crippen LogP contribution in [0.1, 0.15) is 49.7 Å². The molecule has 3 aliphatic heterocycles. The topological polar surface area (TPSA) is 54.8 Å². The average Bonchev–Trinajstić information content (AvgIpc) is 3.44. The number of alkyl halides is 2. The molecule has 0 N–H and O–H groups in total. The first kappa shape index (κ1) is 21.2. The highest BCUT2D eigenvalue weighted by molar-refractivity contribution is 6.08. The summed E-state index contributed by atoms with van der Waals surface area (Å²) >= 11 is 0. The lowest BCUT2D eigenvalue weighted by Crippen LogP contribution is -2.43. The van der Waals surface area contributed by atoms with Crippen LogP contribution in [0.4, 0.5) is 13.6 Å². The second kappa shape index (κ2) is 6.93. The molecule has 8 heteroatoms. The van der Waals surface area contributed by atoms with Crippen molar-refractivity contribution in [3.8, 4) is 0 Å². The molecule has 3 aliphatic rings. The summed E-state index contributed by atoms with van der Waals surface area (Å²) in [7, 11) is 0. The van der Waals surface area contributed by atoms with Crippen LogP contribution in [0, 0.1) is 5.41 Å². The molecule has 5 rings (SSSR count). The van der Waals surface area contributed by atoms with Crippen LogP contribution in [0.25, 0.3) is 10.9 Å². The maximum atomic E-state index is 15.2. The Kier molecular flexibility index (Phi) is 4.59. The lowest BCUT2D eigenvalue weighted by Gasteiger charge is -2.29. The second-order valence-corrected chi connectivity index (χ2v) is 10.4. The first-order valence-corrected chi connectivity index (χ1v) is 11.3. The van der Waals surface area contributed by atoms with Gasteiger partial charge in [-0.25, -0.2) is 13.6 Å². The number of rotatable bonds is 1. The molecule has 0 radical (unpaired) electrons. The van der Waals surface area contributed by atoms with Gasteiger partial charge in [-0.05, 0) is 46.1 Å². The van der Waals surface area contributed by atoms with E-state index < -0.39 is 29.6 Å². The second-order valence-electron chi connectivity index (χ2n) is 10.4. The molecule has 2 fully saturated rings. The van der Waals surface area contributed by atoms with Gasteiger partial charge < -0.3 is 19.1 Å². The zero-order valence-electron chi connectivity index (χ0n) is 18.8. The molecule has 1 atom stereocenters. The van der Waals surface area contributed by atoms with E-state index >= 15 is 8.78 Å². The summed E-state index contributed by atoms with van der Waals surface area (Å²) in [5.74, 6) is -3.26. The molecule has 1 unspecified atom stereocenters. The fourth-order valence-electron chi connectivity index (χ4n) is 5.55. The van der Waals surface area contributed by atoms with Crippen molar-refractivity contribution in [1.29, 1.82) is 0 Å².